The van der Waals surface area contributed by atoms with Crippen LogP contribution < -0.4 is 10.6 Å². The van der Waals surface area contributed by atoms with Crippen molar-refractivity contribution >= 4 is 18.3 Å². The second-order valence-electron chi connectivity index (χ2n) is 7.42. The molecule has 0 aromatic carbocycles. The largest absolute Gasteiger partial charge is 0.356 e. The van der Waals surface area contributed by atoms with E-state index in [1.807, 2.05) is 24.1 Å². The summed E-state index contributed by atoms with van der Waals surface area (Å²) in [6.45, 7) is 4.82. The number of carbonyl (C=O) groups is 1. The van der Waals surface area contributed by atoms with Crippen LogP contribution in [-0.2, 0) is 11.8 Å². The topological polar surface area (TPSA) is 59.0 Å². The maximum absolute atomic E-state index is 12.6. The van der Waals surface area contributed by atoms with Gasteiger partial charge in [-0.25, -0.2) is 0 Å². The number of nitrogens with zero attached hydrogens (tertiary/aromatic N) is 2. The van der Waals surface area contributed by atoms with E-state index in [9.17, 15) is 4.79 Å². The van der Waals surface area contributed by atoms with Gasteiger partial charge in [-0.2, -0.15) is 5.10 Å². The van der Waals surface area contributed by atoms with E-state index in [0.717, 1.165) is 37.9 Å². The second-order valence-corrected chi connectivity index (χ2v) is 7.42. The Labute approximate surface area is 151 Å². The Kier molecular flexibility index (Phi) is 7.11. The van der Waals surface area contributed by atoms with E-state index < -0.39 is 0 Å². The molecule has 1 amide bonds. The van der Waals surface area contributed by atoms with Gasteiger partial charge in [-0.05, 0) is 23.8 Å². The van der Waals surface area contributed by atoms with Crippen LogP contribution in [0.5, 0.6) is 0 Å². The third-order valence-corrected chi connectivity index (χ3v) is 5.81. The molecule has 0 bridgehead atoms. The molecule has 4 atom stereocenters. The fourth-order valence-electron chi connectivity index (χ4n) is 4.27. The molecule has 24 heavy (non-hydrogen) atoms. The number of hydrogen-bond acceptors (Lipinski definition) is 3. The smallest absolute Gasteiger partial charge is 0.225 e. The lowest BCUT2D eigenvalue weighted by Gasteiger charge is -2.29. The molecular weight excluding hydrogens is 324 g/mol. The number of halogens is 1. The van der Waals surface area contributed by atoms with E-state index in [1.165, 1.54) is 31.2 Å². The Balaban J connectivity index is 0.00000208. The van der Waals surface area contributed by atoms with Crippen LogP contribution in [0.4, 0.5) is 0 Å². The van der Waals surface area contributed by atoms with Gasteiger partial charge in [0.15, 0.2) is 0 Å². The van der Waals surface area contributed by atoms with Crippen LogP contribution in [-0.4, -0.2) is 35.3 Å². The Hall–Kier alpha value is -1.07. The number of amides is 1. The maximum atomic E-state index is 12.6. The van der Waals surface area contributed by atoms with Crippen molar-refractivity contribution in [1.82, 2.24) is 20.4 Å². The van der Waals surface area contributed by atoms with Crippen molar-refractivity contribution in [3.63, 3.8) is 0 Å². The third-order valence-electron chi connectivity index (χ3n) is 5.81. The quantitative estimate of drug-likeness (QED) is 0.854. The van der Waals surface area contributed by atoms with Crippen molar-refractivity contribution in [1.29, 1.82) is 0 Å². The summed E-state index contributed by atoms with van der Waals surface area (Å²) < 4.78 is 1.81. The summed E-state index contributed by atoms with van der Waals surface area (Å²) in [7, 11) is 1.92. The summed E-state index contributed by atoms with van der Waals surface area (Å²) in [6, 6.07) is 0. The molecule has 1 saturated carbocycles. The number of aromatic nitrogens is 2. The molecule has 0 radical (unpaired) electrons. The molecule has 1 aliphatic carbocycles. The standard InChI is InChI=1S/C18H30N4O.ClH/c1-13-5-3-4-6-14(13)7-8-20-18(23)17-11-19-10-16(17)15-9-21-22(2)12-15;/h9,12-14,16-17,19H,3-8,10-11H2,1-2H3,(H,20,23);1H/t13?,14?,16-,17+;/m1./s1. The van der Waals surface area contributed by atoms with Gasteiger partial charge in [0.1, 0.15) is 0 Å². The van der Waals surface area contributed by atoms with E-state index in [4.69, 9.17) is 0 Å². The first-order valence-corrected chi connectivity index (χ1v) is 9.12. The Morgan fingerprint density at radius 1 is 1.38 bits per heavy atom. The normalized spacial score (nSPS) is 29.9. The van der Waals surface area contributed by atoms with Gasteiger partial charge < -0.3 is 10.6 Å². The van der Waals surface area contributed by atoms with Crippen molar-refractivity contribution in [2.45, 2.75) is 44.9 Å². The highest BCUT2D eigenvalue weighted by molar-refractivity contribution is 5.85. The van der Waals surface area contributed by atoms with Crippen LogP contribution >= 0.6 is 12.4 Å². The summed E-state index contributed by atoms with van der Waals surface area (Å²) in [5.41, 5.74) is 1.17. The molecule has 2 unspecified atom stereocenters. The minimum absolute atomic E-state index is 0. The number of rotatable bonds is 5. The molecule has 1 saturated heterocycles. The first-order valence-electron chi connectivity index (χ1n) is 9.12. The number of carbonyl (C=O) groups excluding carboxylic acids is 1. The Morgan fingerprint density at radius 2 is 2.17 bits per heavy atom. The summed E-state index contributed by atoms with van der Waals surface area (Å²) in [5.74, 6) is 2.09. The van der Waals surface area contributed by atoms with Gasteiger partial charge >= 0.3 is 0 Å². The molecule has 6 heteroatoms. The number of hydrogen-bond donors (Lipinski definition) is 2. The zero-order valence-electron chi connectivity index (χ0n) is 14.8. The molecule has 0 spiro atoms. The van der Waals surface area contributed by atoms with E-state index in [0.29, 0.717) is 0 Å². The molecule has 1 aromatic heterocycles. The van der Waals surface area contributed by atoms with Gasteiger partial charge in [0.2, 0.25) is 5.91 Å². The zero-order valence-corrected chi connectivity index (χ0v) is 15.6. The van der Waals surface area contributed by atoms with E-state index >= 15 is 0 Å². The molecule has 136 valence electrons. The van der Waals surface area contributed by atoms with Gasteiger partial charge in [0.05, 0.1) is 12.1 Å². The average Bonchev–Trinajstić information content (AvgIpc) is 3.17. The second kappa shape index (κ2) is 8.86. The van der Waals surface area contributed by atoms with Crippen molar-refractivity contribution in [2.75, 3.05) is 19.6 Å². The van der Waals surface area contributed by atoms with Gasteiger partial charge in [-0.1, -0.05) is 32.6 Å². The molecule has 2 fully saturated rings. The fraction of sp³-hybridized carbons (Fsp3) is 0.778. The summed E-state index contributed by atoms with van der Waals surface area (Å²) in [6.07, 6.45) is 10.5. The minimum atomic E-state index is 0. The Bertz CT molecular complexity index is 533. The molecule has 2 N–H and O–H groups in total. The minimum Gasteiger partial charge on any atom is -0.356 e. The van der Waals surface area contributed by atoms with E-state index in [2.05, 4.69) is 22.7 Å². The lowest BCUT2D eigenvalue weighted by atomic mass is 9.78. The van der Waals surface area contributed by atoms with Crippen LogP contribution in [0.3, 0.4) is 0 Å². The lowest BCUT2D eigenvalue weighted by molar-refractivity contribution is -0.124. The molecule has 2 aliphatic rings. The van der Waals surface area contributed by atoms with Gasteiger partial charge in [-0.3, -0.25) is 9.48 Å². The van der Waals surface area contributed by atoms with Crippen molar-refractivity contribution in [3.05, 3.63) is 18.0 Å². The van der Waals surface area contributed by atoms with Gasteiger partial charge in [0, 0.05) is 38.8 Å². The van der Waals surface area contributed by atoms with Gasteiger partial charge in [-0.15, -0.1) is 12.4 Å². The molecule has 5 nitrogen and oxygen atoms in total. The Morgan fingerprint density at radius 3 is 2.88 bits per heavy atom. The molecule has 3 rings (SSSR count). The monoisotopic (exact) mass is 354 g/mol. The average molecular weight is 355 g/mol. The molecule has 2 heterocycles. The molecule has 1 aromatic rings. The first-order chi connectivity index (χ1) is 11.1. The predicted octanol–water partition coefficient (Wildman–Crippen LogP) is 2.48. The van der Waals surface area contributed by atoms with Crippen molar-refractivity contribution in [3.8, 4) is 0 Å². The number of nitrogens with one attached hydrogen (secondary N) is 2. The maximum Gasteiger partial charge on any atom is 0.225 e. The fourth-order valence-corrected chi connectivity index (χ4v) is 4.27. The molecular formula is C18H31ClN4O. The third kappa shape index (κ3) is 4.51. The SMILES string of the molecule is CC1CCCCC1CCNC(=O)[C@H]1CNC[C@@H]1c1cnn(C)c1.Cl. The number of aryl methyl sites for hydroxylation is 1. The summed E-state index contributed by atoms with van der Waals surface area (Å²) >= 11 is 0. The predicted molar refractivity (Wildman–Crippen MR) is 98.3 cm³/mol. The summed E-state index contributed by atoms with van der Waals surface area (Å²) in [4.78, 5) is 12.6. The van der Waals surface area contributed by atoms with Crippen LogP contribution in [0.2, 0.25) is 0 Å². The highest BCUT2D eigenvalue weighted by atomic mass is 35.5. The van der Waals surface area contributed by atoms with E-state index in [1.54, 1.807) is 0 Å². The van der Waals surface area contributed by atoms with Crippen LogP contribution in [0.15, 0.2) is 12.4 Å². The zero-order chi connectivity index (χ0) is 16.2. The highest BCUT2D eigenvalue weighted by Crippen LogP contribution is 2.32. The lowest BCUT2D eigenvalue weighted by Crippen LogP contribution is -2.36. The van der Waals surface area contributed by atoms with Crippen LogP contribution in [0, 0.1) is 17.8 Å². The van der Waals surface area contributed by atoms with Crippen LogP contribution in [0.25, 0.3) is 0 Å². The van der Waals surface area contributed by atoms with Crippen molar-refractivity contribution < 1.29 is 4.79 Å². The first kappa shape index (κ1) is 19.3. The highest BCUT2D eigenvalue weighted by Gasteiger charge is 2.34. The summed E-state index contributed by atoms with van der Waals surface area (Å²) in [5, 5.41) is 10.8. The van der Waals surface area contributed by atoms with E-state index in [-0.39, 0.29) is 30.2 Å². The molecule has 1 aliphatic heterocycles. The van der Waals surface area contributed by atoms with Crippen LogP contribution in [0.1, 0.15) is 50.5 Å². The van der Waals surface area contributed by atoms with Crippen molar-refractivity contribution in [2.24, 2.45) is 24.8 Å². The van der Waals surface area contributed by atoms with Gasteiger partial charge in [0.25, 0.3) is 0 Å².